The van der Waals surface area contributed by atoms with Gasteiger partial charge in [0.1, 0.15) is 0 Å². The SMILES string of the molecule is Nc1ccc(F)c(F)c1NC1CCS(=O)(=O)C1. The molecule has 1 heterocycles. The summed E-state index contributed by atoms with van der Waals surface area (Å²) in [6, 6.07) is 1.75. The van der Waals surface area contributed by atoms with Gasteiger partial charge in [0.15, 0.2) is 21.5 Å². The first-order valence-electron chi connectivity index (χ1n) is 5.09. The third-order valence-electron chi connectivity index (χ3n) is 2.71. The van der Waals surface area contributed by atoms with Crippen molar-refractivity contribution < 1.29 is 17.2 Å². The van der Waals surface area contributed by atoms with E-state index in [0.29, 0.717) is 6.42 Å². The highest BCUT2D eigenvalue weighted by atomic mass is 32.2. The Hall–Kier alpha value is -1.37. The molecule has 17 heavy (non-hydrogen) atoms. The van der Waals surface area contributed by atoms with Gasteiger partial charge in [-0.05, 0) is 18.6 Å². The van der Waals surface area contributed by atoms with E-state index in [-0.39, 0.29) is 22.9 Å². The quantitative estimate of drug-likeness (QED) is 0.784. The van der Waals surface area contributed by atoms with Gasteiger partial charge in [0.2, 0.25) is 0 Å². The molecule has 1 aromatic rings. The van der Waals surface area contributed by atoms with Crippen molar-refractivity contribution >= 4 is 21.2 Å². The Labute approximate surface area is 97.7 Å². The summed E-state index contributed by atoms with van der Waals surface area (Å²) in [6.07, 6.45) is 0.373. The Balaban J connectivity index is 2.23. The van der Waals surface area contributed by atoms with Gasteiger partial charge in [-0.15, -0.1) is 0 Å². The molecule has 0 aliphatic carbocycles. The Kier molecular flexibility index (Phi) is 2.94. The number of hydrogen-bond donors (Lipinski definition) is 2. The van der Waals surface area contributed by atoms with Gasteiger partial charge in [0, 0.05) is 6.04 Å². The van der Waals surface area contributed by atoms with Crippen molar-refractivity contribution in [1.29, 1.82) is 0 Å². The lowest BCUT2D eigenvalue weighted by atomic mass is 10.2. The summed E-state index contributed by atoms with van der Waals surface area (Å²) in [5.74, 6) is -2.11. The minimum absolute atomic E-state index is 0.0570. The maximum atomic E-state index is 13.4. The lowest BCUT2D eigenvalue weighted by Crippen LogP contribution is -2.22. The molecule has 7 heteroatoms. The zero-order valence-corrected chi connectivity index (χ0v) is 9.73. The number of halogens is 2. The van der Waals surface area contributed by atoms with E-state index in [2.05, 4.69) is 5.32 Å². The second-order valence-electron chi connectivity index (χ2n) is 4.07. The number of nitrogens with two attached hydrogens (primary N) is 1. The van der Waals surface area contributed by atoms with Crippen molar-refractivity contribution in [2.75, 3.05) is 22.6 Å². The Morgan fingerprint density at radius 1 is 1.35 bits per heavy atom. The largest absolute Gasteiger partial charge is 0.397 e. The van der Waals surface area contributed by atoms with Crippen molar-refractivity contribution in [3.8, 4) is 0 Å². The molecule has 1 aromatic carbocycles. The molecule has 0 saturated carbocycles. The van der Waals surface area contributed by atoms with Crippen LogP contribution in [0.1, 0.15) is 6.42 Å². The molecule has 1 atom stereocenters. The standard InChI is InChI=1S/C10H12F2N2O2S/c11-7-1-2-8(13)10(9(7)12)14-6-3-4-17(15,16)5-6/h1-2,6,14H,3-5,13H2. The second-order valence-corrected chi connectivity index (χ2v) is 6.30. The van der Waals surface area contributed by atoms with E-state index in [1.54, 1.807) is 0 Å². The van der Waals surface area contributed by atoms with E-state index in [0.717, 1.165) is 6.07 Å². The number of nitrogens with one attached hydrogen (secondary N) is 1. The fraction of sp³-hybridized carbons (Fsp3) is 0.400. The molecule has 2 rings (SSSR count). The first-order chi connectivity index (χ1) is 7.89. The van der Waals surface area contributed by atoms with E-state index in [4.69, 9.17) is 5.73 Å². The van der Waals surface area contributed by atoms with Crippen LogP contribution in [0.5, 0.6) is 0 Å². The summed E-state index contributed by atoms with van der Waals surface area (Å²) in [5.41, 5.74) is 5.42. The van der Waals surface area contributed by atoms with Gasteiger partial charge in [-0.25, -0.2) is 17.2 Å². The van der Waals surface area contributed by atoms with Crippen LogP contribution in [0.25, 0.3) is 0 Å². The van der Waals surface area contributed by atoms with Gasteiger partial charge in [0.05, 0.1) is 22.9 Å². The van der Waals surface area contributed by atoms with Crippen molar-refractivity contribution in [2.24, 2.45) is 0 Å². The fourth-order valence-electron chi connectivity index (χ4n) is 1.83. The van der Waals surface area contributed by atoms with Crippen LogP contribution in [0.2, 0.25) is 0 Å². The van der Waals surface area contributed by atoms with Crippen molar-refractivity contribution in [3.63, 3.8) is 0 Å². The average molecular weight is 262 g/mol. The van der Waals surface area contributed by atoms with Gasteiger partial charge in [0.25, 0.3) is 0 Å². The lowest BCUT2D eigenvalue weighted by molar-refractivity contribution is 0.510. The third-order valence-corrected chi connectivity index (χ3v) is 4.48. The Morgan fingerprint density at radius 2 is 2.06 bits per heavy atom. The molecule has 0 radical (unpaired) electrons. The van der Waals surface area contributed by atoms with Gasteiger partial charge < -0.3 is 11.1 Å². The van der Waals surface area contributed by atoms with Crippen LogP contribution < -0.4 is 11.1 Å². The topological polar surface area (TPSA) is 72.2 Å². The molecular weight excluding hydrogens is 250 g/mol. The molecule has 1 aliphatic rings. The number of anilines is 2. The maximum absolute atomic E-state index is 13.4. The summed E-state index contributed by atoms with van der Waals surface area (Å²) in [6.45, 7) is 0. The van der Waals surface area contributed by atoms with Crippen LogP contribution in [-0.4, -0.2) is 26.0 Å². The first kappa shape index (κ1) is 12.1. The predicted octanol–water partition coefficient (Wildman–Crippen LogP) is 1.15. The van der Waals surface area contributed by atoms with Crippen molar-refractivity contribution in [2.45, 2.75) is 12.5 Å². The monoisotopic (exact) mass is 262 g/mol. The highest BCUT2D eigenvalue weighted by Crippen LogP contribution is 2.27. The summed E-state index contributed by atoms with van der Waals surface area (Å²) in [4.78, 5) is 0. The molecule has 0 aromatic heterocycles. The minimum atomic E-state index is -3.07. The summed E-state index contributed by atoms with van der Waals surface area (Å²) in [5, 5.41) is 2.65. The van der Waals surface area contributed by atoms with Crippen LogP contribution in [0.3, 0.4) is 0 Å². The molecule has 0 bridgehead atoms. The molecule has 3 N–H and O–H groups in total. The molecule has 1 saturated heterocycles. The van der Waals surface area contributed by atoms with Gasteiger partial charge >= 0.3 is 0 Å². The van der Waals surface area contributed by atoms with E-state index in [9.17, 15) is 17.2 Å². The zero-order valence-electron chi connectivity index (χ0n) is 8.91. The van der Waals surface area contributed by atoms with Gasteiger partial charge in [-0.1, -0.05) is 0 Å². The van der Waals surface area contributed by atoms with E-state index in [1.807, 2.05) is 0 Å². The summed E-state index contributed by atoms with van der Waals surface area (Å²) < 4.78 is 48.9. The smallest absolute Gasteiger partial charge is 0.183 e. The van der Waals surface area contributed by atoms with Crippen molar-refractivity contribution in [1.82, 2.24) is 0 Å². The van der Waals surface area contributed by atoms with Crippen LogP contribution in [0.15, 0.2) is 12.1 Å². The highest BCUT2D eigenvalue weighted by Gasteiger charge is 2.29. The first-order valence-corrected chi connectivity index (χ1v) is 6.91. The van der Waals surface area contributed by atoms with Crippen LogP contribution >= 0.6 is 0 Å². The normalized spacial score (nSPS) is 22.6. The highest BCUT2D eigenvalue weighted by molar-refractivity contribution is 7.91. The Morgan fingerprint density at radius 3 is 2.65 bits per heavy atom. The van der Waals surface area contributed by atoms with E-state index in [1.165, 1.54) is 6.07 Å². The number of benzene rings is 1. The number of sulfone groups is 1. The third kappa shape index (κ3) is 2.49. The number of rotatable bonds is 2. The molecule has 0 spiro atoms. The zero-order chi connectivity index (χ0) is 12.6. The number of nitrogen functional groups attached to an aromatic ring is 1. The van der Waals surface area contributed by atoms with Crippen LogP contribution in [0, 0.1) is 11.6 Å². The molecule has 94 valence electrons. The maximum Gasteiger partial charge on any atom is 0.183 e. The second kappa shape index (κ2) is 4.14. The molecule has 1 unspecified atom stereocenters. The average Bonchev–Trinajstić information content (AvgIpc) is 2.59. The molecule has 0 amide bonds. The molecule has 1 fully saturated rings. The van der Waals surface area contributed by atoms with E-state index >= 15 is 0 Å². The lowest BCUT2D eigenvalue weighted by Gasteiger charge is -2.15. The van der Waals surface area contributed by atoms with Crippen molar-refractivity contribution in [3.05, 3.63) is 23.8 Å². The molecule has 4 nitrogen and oxygen atoms in total. The van der Waals surface area contributed by atoms with Gasteiger partial charge in [-0.2, -0.15) is 0 Å². The predicted molar refractivity (Wildman–Crippen MR) is 61.5 cm³/mol. The minimum Gasteiger partial charge on any atom is -0.397 e. The molecular formula is C10H12F2N2O2S. The van der Waals surface area contributed by atoms with E-state index < -0.39 is 27.5 Å². The Bertz CT molecular complexity index is 545. The fourth-order valence-corrected chi connectivity index (χ4v) is 3.50. The van der Waals surface area contributed by atoms with Gasteiger partial charge in [-0.3, -0.25) is 0 Å². The number of hydrogen-bond acceptors (Lipinski definition) is 4. The summed E-state index contributed by atoms with van der Waals surface area (Å²) >= 11 is 0. The van der Waals surface area contributed by atoms with Crippen LogP contribution in [-0.2, 0) is 9.84 Å². The van der Waals surface area contributed by atoms with Crippen LogP contribution in [0.4, 0.5) is 20.2 Å². The molecule has 1 aliphatic heterocycles. The summed E-state index contributed by atoms with van der Waals surface area (Å²) in [7, 11) is -3.07.